The van der Waals surface area contributed by atoms with Crippen molar-refractivity contribution < 1.29 is 9.90 Å². The maximum atomic E-state index is 11.5. The maximum Gasteiger partial charge on any atom is 0.321 e. The van der Waals surface area contributed by atoms with Crippen molar-refractivity contribution in [2.24, 2.45) is 0 Å². The van der Waals surface area contributed by atoms with Gasteiger partial charge in [0.05, 0.1) is 15.7 Å². The number of fused-ring (bicyclic) bond motifs is 1. The van der Waals surface area contributed by atoms with E-state index < -0.39 is 12.0 Å². The van der Waals surface area contributed by atoms with Crippen molar-refractivity contribution in [3.05, 3.63) is 29.3 Å². The first-order valence-electron chi connectivity index (χ1n) is 6.43. The van der Waals surface area contributed by atoms with Gasteiger partial charge in [-0.15, -0.1) is 11.3 Å². The minimum atomic E-state index is -0.731. The summed E-state index contributed by atoms with van der Waals surface area (Å²) >= 11 is 1.61. The van der Waals surface area contributed by atoms with Crippen LogP contribution in [0, 0.1) is 0 Å². The molecule has 3 rings (SSSR count). The van der Waals surface area contributed by atoms with Crippen LogP contribution in [0.4, 0.5) is 0 Å². The van der Waals surface area contributed by atoms with E-state index in [1.165, 1.54) is 0 Å². The number of piperidine rings is 1. The number of aliphatic carboxylic acids is 1. The van der Waals surface area contributed by atoms with Gasteiger partial charge in [0.15, 0.2) is 0 Å². The Hall–Kier alpha value is -1.46. The van der Waals surface area contributed by atoms with Crippen LogP contribution in [0.15, 0.2) is 23.7 Å². The number of hydrogen-bond donors (Lipinski definition) is 1. The number of likely N-dealkylation sites (tertiary alicyclic amines) is 1. The number of likely N-dealkylation sites (N-methyl/N-ethyl adjacent to an activating group) is 1. The van der Waals surface area contributed by atoms with Gasteiger partial charge in [-0.1, -0.05) is 6.07 Å². The lowest BCUT2D eigenvalue weighted by molar-refractivity contribution is -0.144. The molecule has 4 nitrogen and oxygen atoms in total. The fourth-order valence-electron chi connectivity index (χ4n) is 2.98. The Kier molecular flexibility index (Phi) is 3.24. The second-order valence-corrected chi connectivity index (χ2v) is 5.98. The summed E-state index contributed by atoms with van der Waals surface area (Å²) in [5.41, 5.74) is 3.90. The van der Waals surface area contributed by atoms with Crippen molar-refractivity contribution in [2.75, 3.05) is 13.6 Å². The van der Waals surface area contributed by atoms with Crippen LogP contribution in [0.3, 0.4) is 0 Å². The topological polar surface area (TPSA) is 53.4 Å². The quantitative estimate of drug-likeness (QED) is 0.916. The van der Waals surface area contributed by atoms with Crippen molar-refractivity contribution in [1.82, 2.24) is 9.88 Å². The van der Waals surface area contributed by atoms with Gasteiger partial charge < -0.3 is 5.11 Å². The molecule has 2 heterocycles. The van der Waals surface area contributed by atoms with E-state index in [4.69, 9.17) is 0 Å². The van der Waals surface area contributed by atoms with Crippen molar-refractivity contribution in [3.8, 4) is 0 Å². The van der Waals surface area contributed by atoms with Crippen LogP contribution in [0.5, 0.6) is 0 Å². The summed E-state index contributed by atoms with van der Waals surface area (Å²) in [6.45, 7) is 0.854. The zero-order chi connectivity index (χ0) is 13.4. The monoisotopic (exact) mass is 276 g/mol. The third kappa shape index (κ3) is 2.24. The number of carbonyl (C=O) groups is 1. The molecule has 0 aliphatic carbocycles. The molecular formula is C14H16N2O2S. The molecule has 1 aliphatic rings. The highest BCUT2D eigenvalue weighted by Crippen LogP contribution is 2.34. The summed E-state index contributed by atoms with van der Waals surface area (Å²) in [5.74, 6) is -0.673. The predicted octanol–water partition coefficient (Wildman–Crippen LogP) is 2.56. The van der Waals surface area contributed by atoms with Crippen LogP contribution < -0.4 is 0 Å². The molecule has 19 heavy (non-hydrogen) atoms. The molecule has 1 aromatic heterocycles. The lowest BCUT2D eigenvalue weighted by atomic mass is 9.83. The number of rotatable bonds is 2. The summed E-state index contributed by atoms with van der Waals surface area (Å²) < 4.78 is 1.15. The molecule has 0 radical (unpaired) electrons. The summed E-state index contributed by atoms with van der Waals surface area (Å²) in [4.78, 5) is 17.8. The average Bonchev–Trinajstić information content (AvgIpc) is 2.85. The highest BCUT2D eigenvalue weighted by molar-refractivity contribution is 7.16. The number of hydrogen-bond acceptors (Lipinski definition) is 4. The maximum absolute atomic E-state index is 11.5. The van der Waals surface area contributed by atoms with E-state index in [9.17, 15) is 9.90 Å². The van der Waals surface area contributed by atoms with Crippen molar-refractivity contribution in [3.63, 3.8) is 0 Å². The number of thiazole rings is 1. The molecule has 0 saturated carbocycles. The Balaban J connectivity index is 2.00. The van der Waals surface area contributed by atoms with E-state index in [1.807, 2.05) is 23.5 Å². The number of carboxylic acid groups (broad SMARTS) is 1. The second kappa shape index (κ2) is 4.90. The van der Waals surface area contributed by atoms with Crippen LogP contribution in [0.2, 0.25) is 0 Å². The SMILES string of the molecule is CN1CCCC(c2ccc3scnc3c2)C1C(=O)O. The molecule has 1 fully saturated rings. The van der Waals surface area contributed by atoms with Gasteiger partial charge in [0.25, 0.3) is 0 Å². The molecule has 100 valence electrons. The molecule has 2 atom stereocenters. The van der Waals surface area contributed by atoms with Crippen LogP contribution >= 0.6 is 11.3 Å². The molecule has 1 saturated heterocycles. The lowest BCUT2D eigenvalue weighted by Crippen LogP contribution is -2.46. The Bertz CT molecular complexity index is 610. The zero-order valence-electron chi connectivity index (χ0n) is 10.7. The number of carboxylic acids is 1. The summed E-state index contributed by atoms with van der Waals surface area (Å²) in [7, 11) is 1.90. The fraction of sp³-hybridized carbons (Fsp3) is 0.429. The van der Waals surface area contributed by atoms with Gasteiger partial charge in [-0.2, -0.15) is 0 Å². The van der Waals surface area contributed by atoms with Gasteiger partial charge in [0.2, 0.25) is 0 Å². The van der Waals surface area contributed by atoms with E-state index in [0.29, 0.717) is 0 Å². The second-order valence-electron chi connectivity index (χ2n) is 5.09. The van der Waals surface area contributed by atoms with Gasteiger partial charge in [-0.05, 0) is 44.1 Å². The van der Waals surface area contributed by atoms with E-state index in [1.54, 1.807) is 11.3 Å². The van der Waals surface area contributed by atoms with Crippen LogP contribution in [-0.4, -0.2) is 40.6 Å². The van der Waals surface area contributed by atoms with Crippen LogP contribution in [0.25, 0.3) is 10.2 Å². The smallest absolute Gasteiger partial charge is 0.321 e. The number of aromatic nitrogens is 1. The van der Waals surface area contributed by atoms with E-state index >= 15 is 0 Å². The van der Waals surface area contributed by atoms with E-state index in [-0.39, 0.29) is 5.92 Å². The first-order valence-corrected chi connectivity index (χ1v) is 7.31. The molecule has 2 unspecified atom stereocenters. The molecule has 0 amide bonds. The standard InChI is InChI=1S/C14H16N2O2S/c1-16-6-2-3-10(13(16)14(17)18)9-4-5-12-11(7-9)15-8-19-12/h4-5,7-8,10,13H,2-3,6H2,1H3,(H,17,18). The largest absolute Gasteiger partial charge is 0.480 e. The van der Waals surface area contributed by atoms with Gasteiger partial charge in [0.1, 0.15) is 6.04 Å². The van der Waals surface area contributed by atoms with E-state index in [2.05, 4.69) is 17.1 Å². The summed E-state index contributed by atoms with van der Waals surface area (Å²) in [6, 6.07) is 5.73. The van der Waals surface area contributed by atoms with Crippen LogP contribution in [0.1, 0.15) is 24.3 Å². The summed E-state index contributed by atoms with van der Waals surface area (Å²) in [5, 5.41) is 9.46. The molecular weight excluding hydrogens is 260 g/mol. The normalized spacial score (nSPS) is 24.7. The number of nitrogens with zero attached hydrogens (tertiary/aromatic N) is 2. The molecule has 2 aromatic rings. The Morgan fingerprint density at radius 1 is 1.53 bits per heavy atom. The highest BCUT2D eigenvalue weighted by atomic mass is 32.1. The molecule has 0 spiro atoms. The van der Waals surface area contributed by atoms with Crippen molar-refractivity contribution in [1.29, 1.82) is 0 Å². The Morgan fingerprint density at radius 3 is 3.16 bits per heavy atom. The lowest BCUT2D eigenvalue weighted by Gasteiger charge is -2.36. The Labute approximate surface area is 115 Å². The Morgan fingerprint density at radius 2 is 2.37 bits per heavy atom. The minimum absolute atomic E-state index is 0.0577. The third-order valence-corrected chi connectivity index (χ3v) is 4.73. The number of benzene rings is 1. The van der Waals surface area contributed by atoms with Crippen molar-refractivity contribution in [2.45, 2.75) is 24.8 Å². The molecule has 5 heteroatoms. The third-order valence-electron chi connectivity index (χ3n) is 3.92. The molecule has 0 bridgehead atoms. The van der Waals surface area contributed by atoms with Gasteiger partial charge in [0, 0.05) is 5.92 Å². The zero-order valence-corrected chi connectivity index (χ0v) is 11.6. The predicted molar refractivity (Wildman–Crippen MR) is 75.6 cm³/mol. The average molecular weight is 276 g/mol. The first-order chi connectivity index (χ1) is 9.16. The van der Waals surface area contributed by atoms with Crippen molar-refractivity contribution >= 4 is 27.5 Å². The minimum Gasteiger partial charge on any atom is -0.480 e. The van der Waals surface area contributed by atoms with Gasteiger partial charge in [-0.3, -0.25) is 9.69 Å². The molecule has 1 aromatic carbocycles. The van der Waals surface area contributed by atoms with Crippen LogP contribution in [-0.2, 0) is 4.79 Å². The first kappa shape index (κ1) is 12.6. The molecule has 1 aliphatic heterocycles. The van der Waals surface area contributed by atoms with E-state index in [0.717, 1.165) is 35.2 Å². The van der Waals surface area contributed by atoms with Gasteiger partial charge >= 0.3 is 5.97 Å². The fourth-order valence-corrected chi connectivity index (χ4v) is 3.64. The van der Waals surface area contributed by atoms with Gasteiger partial charge in [-0.25, -0.2) is 4.98 Å². The highest BCUT2D eigenvalue weighted by Gasteiger charge is 2.35. The summed E-state index contributed by atoms with van der Waals surface area (Å²) in [6.07, 6.45) is 1.97. The molecule has 1 N–H and O–H groups in total.